The van der Waals surface area contributed by atoms with Crippen molar-refractivity contribution in [1.82, 2.24) is 0 Å². The van der Waals surface area contributed by atoms with Crippen molar-refractivity contribution in [2.24, 2.45) is 0 Å². The van der Waals surface area contributed by atoms with Crippen LogP contribution < -0.4 is 0 Å². The first-order valence-electron chi connectivity index (χ1n) is 5.34. The van der Waals surface area contributed by atoms with Crippen LogP contribution in [0.4, 0.5) is 0 Å². The van der Waals surface area contributed by atoms with Crippen molar-refractivity contribution in [2.75, 3.05) is 0 Å². The molecule has 4 heteroatoms. The van der Waals surface area contributed by atoms with Crippen molar-refractivity contribution in [1.29, 1.82) is 0 Å². The van der Waals surface area contributed by atoms with Crippen molar-refractivity contribution >= 4 is 32.2 Å². The van der Waals surface area contributed by atoms with Gasteiger partial charge in [0.15, 0.2) is 0 Å². The van der Waals surface area contributed by atoms with E-state index in [1.165, 1.54) is 12.8 Å². The van der Waals surface area contributed by atoms with Crippen LogP contribution in [0.25, 0.3) is 0 Å². The van der Waals surface area contributed by atoms with E-state index in [0.717, 1.165) is 16.6 Å². The Hall–Kier alpha value is 0.699. The first kappa shape index (κ1) is 13.8. The Morgan fingerprint density at radius 1 is 1.20 bits per heavy atom. The number of hydrogen-bond acceptors (Lipinski definition) is 1. The fraction of sp³-hybridized carbons (Fsp3) is 0.273. The summed E-state index contributed by atoms with van der Waals surface area (Å²) < 4.78 is 8.18. The molecule has 2 rings (SSSR count). The van der Waals surface area contributed by atoms with Gasteiger partial charge >= 0.3 is 108 Å². The zero-order valence-electron chi connectivity index (χ0n) is 9.49. The fourth-order valence-corrected chi connectivity index (χ4v) is 3.18. The van der Waals surface area contributed by atoms with E-state index in [2.05, 4.69) is 42.2 Å². The van der Waals surface area contributed by atoms with Crippen LogP contribution >= 0.6 is 0 Å². The molecule has 0 unspecified atom stereocenters. The first-order valence-corrected chi connectivity index (χ1v) is 9.71. The van der Waals surface area contributed by atoms with Crippen molar-refractivity contribution in [3.05, 3.63) is 44.2 Å². The van der Waals surface area contributed by atoms with Gasteiger partial charge in [-0.05, 0) is 0 Å². The third-order valence-corrected chi connectivity index (χ3v) is 6.62. The third kappa shape index (κ3) is 6.11. The molecular formula is C11H16Al2OTi. The molecule has 0 saturated carbocycles. The second-order valence-electron chi connectivity index (χ2n) is 3.35. The summed E-state index contributed by atoms with van der Waals surface area (Å²) >= 11 is 1.02. The van der Waals surface area contributed by atoms with E-state index in [4.69, 9.17) is 2.84 Å². The van der Waals surface area contributed by atoms with Gasteiger partial charge in [0, 0.05) is 0 Å². The minimum Gasteiger partial charge on any atom is -0.645 e. The molecule has 2 aliphatic carbocycles. The van der Waals surface area contributed by atoms with Crippen LogP contribution in [0.2, 0.25) is 5.79 Å². The molecule has 0 heterocycles. The van der Waals surface area contributed by atoms with Crippen molar-refractivity contribution in [2.45, 2.75) is 18.6 Å². The van der Waals surface area contributed by atoms with Gasteiger partial charge in [0.1, 0.15) is 0 Å². The van der Waals surface area contributed by atoms with Crippen LogP contribution in [0.1, 0.15) is 12.8 Å². The van der Waals surface area contributed by atoms with Gasteiger partial charge in [-0.2, -0.15) is 0 Å². The molecule has 76 valence electrons. The molecule has 15 heavy (non-hydrogen) atoms. The minimum atomic E-state index is -0.0139. The first-order chi connectivity index (χ1) is 7.36. The van der Waals surface area contributed by atoms with Crippen molar-refractivity contribution in [3.63, 3.8) is 0 Å². The summed E-state index contributed by atoms with van der Waals surface area (Å²) in [6.45, 7) is 0. The Morgan fingerprint density at radius 2 is 1.67 bits per heavy atom. The summed E-state index contributed by atoms with van der Waals surface area (Å²) in [6, 6.07) is 0. The smallest absolute Gasteiger partial charge is 0.401 e. The Morgan fingerprint density at radius 3 is 1.93 bits per heavy atom. The van der Waals surface area contributed by atoms with Crippen LogP contribution in [-0.2, 0) is 22.0 Å². The average molecular weight is 266 g/mol. The number of rotatable bonds is 3. The number of hydrogen-bond donors (Lipinski definition) is 0. The molecule has 0 aromatic heterocycles. The van der Waals surface area contributed by atoms with Crippen molar-refractivity contribution < 1.29 is 22.0 Å². The van der Waals surface area contributed by atoms with Crippen molar-refractivity contribution in [3.8, 4) is 0 Å². The Labute approximate surface area is 116 Å². The monoisotopic (exact) mass is 266 g/mol. The Bertz CT molecular complexity index is 276. The predicted octanol–water partition coefficient (Wildman–Crippen LogP) is 1.71. The summed E-state index contributed by atoms with van der Waals surface area (Å²) in [6.07, 6.45) is 15.9. The Kier molecular flexibility index (Phi) is 8.08. The van der Waals surface area contributed by atoms with Crippen LogP contribution in [-0.4, -0.2) is 32.2 Å². The van der Waals surface area contributed by atoms with Gasteiger partial charge < -0.3 is 2.84 Å². The van der Waals surface area contributed by atoms with Crippen LogP contribution in [0.15, 0.2) is 44.2 Å². The van der Waals surface area contributed by atoms with Gasteiger partial charge in [0.25, 0.3) is 0 Å². The molecule has 0 fully saturated rings. The predicted molar refractivity (Wildman–Crippen MR) is 66.3 cm³/mol. The number of allylic oxidation sites excluding steroid dienone is 8. The van der Waals surface area contributed by atoms with Gasteiger partial charge in [-0.15, -0.1) is 0 Å². The third-order valence-electron chi connectivity index (χ3n) is 2.15. The largest absolute Gasteiger partial charge is 0.645 e. The molecule has 1 nitrogen and oxygen atoms in total. The Balaban J connectivity index is 0.000000245. The summed E-state index contributed by atoms with van der Waals surface area (Å²) in [5.41, 5.74) is 0. The van der Waals surface area contributed by atoms with Crippen LogP contribution in [0, 0.1) is 0 Å². The van der Waals surface area contributed by atoms with E-state index < -0.39 is 0 Å². The molecule has 0 atom stereocenters. The van der Waals surface area contributed by atoms with E-state index in [-0.39, 0.29) is 34.7 Å². The van der Waals surface area contributed by atoms with E-state index in [9.17, 15) is 0 Å². The maximum absolute atomic E-state index is 4.82. The molecule has 0 N–H and O–H groups in total. The molecule has 0 aliphatic heterocycles. The second-order valence-corrected chi connectivity index (χ2v) is 8.63. The molecule has 0 aromatic carbocycles. The maximum Gasteiger partial charge on any atom is 0.401 e. The second kappa shape index (κ2) is 8.81. The normalized spacial score (nSPS) is 16.6. The minimum absolute atomic E-state index is 0.0139. The molecule has 0 bridgehead atoms. The zero-order chi connectivity index (χ0) is 10.9. The van der Waals surface area contributed by atoms with E-state index in [1.807, 2.05) is 0 Å². The molecule has 0 saturated heterocycles. The molecule has 0 amide bonds. The molecule has 0 radical (unpaired) electrons. The van der Waals surface area contributed by atoms with E-state index in [0.29, 0.717) is 0 Å². The van der Waals surface area contributed by atoms with Crippen LogP contribution in [0.3, 0.4) is 0 Å². The molecule has 2 aliphatic rings. The summed E-state index contributed by atoms with van der Waals surface area (Å²) in [7, 11) is 0. The SMILES string of the molecule is C1=CC[C]([Ti][C]2=CC=CC2)=C1.[CH3][AlH][O][AlH2]. The van der Waals surface area contributed by atoms with Gasteiger partial charge in [0.05, 0.1) is 0 Å². The maximum atomic E-state index is 4.82. The standard InChI is InChI=1S/2C5H5.CH3.2Al.O.Ti.3H/c2*1-2-4-5-3-1;;;;;;;;/h2*1-3H,4H2;1H3;;;;;;;. The molecular weight excluding hydrogens is 250 g/mol. The van der Waals surface area contributed by atoms with Gasteiger partial charge in [-0.1, -0.05) is 5.79 Å². The summed E-state index contributed by atoms with van der Waals surface area (Å²) in [5, 5.41) is 0. The fourth-order valence-electron chi connectivity index (χ4n) is 1.29. The van der Waals surface area contributed by atoms with Crippen LogP contribution in [0.5, 0.6) is 0 Å². The topological polar surface area (TPSA) is 9.23 Å². The van der Waals surface area contributed by atoms with E-state index in [1.54, 1.807) is 7.76 Å². The molecule has 0 aromatic rings. The van der Waals surface area contributed by atoms with Gasteiger partial charge in [-0.25, -0.2) is 0 Å². The average Bonchev–Trinajstić information content (AvgIpc) is 2.92. The quantitative estimate of drug-likeness (QED) is 0.706. The molecule has 0 spiro atoms. The summed E-state index contributed by atoms with van der Waals surface area (Å²) in [4.78, 5) is 0. The summed E-state index contributed by atoms with van der Waals surface area (Å²) in [5.74, 6) is 2.13. The van der Waals surface area contributed by atoms with Gasteiger partial charge in [-0.3, -0.25) is 0 Å². The zero-order valence-corrected chi connectivity index (χ0v) is 14.5. The van der Waals surface area contributed by atoms with Gasteiger partial charge in [0.2, 0.25) is 0 Å². The van der Waals surface area contributed by atoms with E-state index >= 15 is 0 Å².